The molecule has 1 aliphatic heterocycles. The first-order valence-corrected chi connectivity index (χ1v) is 8.37. The normalized spacial score (nSPS) is 15.3. The van der Waals surface area contributed by atoms with E-state index in [0.29, 0.717) is 29.6 Å². The van der Waals surface area contributed by atoms with Crippen LogP contribution in [0.4, 0.5) is 0 Å². The van der Waals surface area contributed by atoms with Crippen molar-refractivity contribution < 1.29 is 9.59 Å². The second-order valence-electron chi connectivity index (χ2n) is 6.03. The number of likely N-dealkylation sites (tertiary alicyclic amines) is 1. The van der Waals surface area contributed by atoms with Crippen LogP contribution >= 0.6 is 11.6 Å². The van der Waals surface area contributed by atoms with Gasteiger partial charge in [0.05, 0.1) is 11.1 Å². The molecule has 1 fully saturated rings. The Labute approximate surface area is 146 Å². The highest BCUT2D eigenvalue weighted by molar-refractivity contribution is 6.31. The van der Waals surface area contributed by atoms with Gasteiger partial charge in [0.1, 0.15) is 0 Å². The van der Waals surface area contributed by atoms with Crippen molar-refractivity contribution in [2.24, 2.45) is 5.73 Å². The second-order valence-corrected chi connectivity index (χ2v) is 6.47. The monoisotopic (exact) mass is 342 g/mol. The van der Waals surface area contributed by atoms with E-state index in [1.807, 2.05) is 18.2 Å². The quantitative estimate of drug-likeness (QED) is 0.928. The smallest absolute Gasteiger partial charge is 0.254 e. The van der Waals surface area contributed by atoms with Gasteiger partial charge in [-0.1, -0.05) is 41.9 Å². The number of carbonyl (C=O) groups is 2. The minimum absolute atomic E-state index is 0.160. The van der Waals surface area contributed by atoms with Crippen LogP contribution in [0.3, 0.4) is 0 Å². The van der Waals surface area contributed by atoms with Gasteiger partial charge in [0, 0.05) is 18.1 Å². The molecule has 5 heteroatoms. The predicted molar refractivity (Wildman–Crippen MR) is 94.3 cm³/mol. The maximum Gasteiger partial charge on any atom is 0.254 e. The summed E-state index contributed by atoms with van der Waals surface area (Å²) in [4.78, 5) is 26.1. The van der Waals surface area contributed by atoms with Crippen molar-refractivity contribution in [3.8, 4) is 0 Å². The van der Waals surface area contributed by atoms with Crippen LogP contribution in [-0.2, 0) is 0 Å². The van der Waals surface area contributed by atoms with E-state index in [1.54, 1.807) is 17.0 Å². The molecule has 0 saturated carbocycles. The third kappa shape index (κ3) is 3.44. The summed E-state index contributed by atoms with van der Waals surface area (Å²) in [7, 11) is 0. The summed E-state index contributed by atoms with van der Waals surface area (Å²) in [6.45, 7) is 1.33. The molecule has 3 rings (SSSR count). The fourth-order valence-corrected chi connectivity index (χ4v) is 3.39. The van der Waals surface area contributed by atoms with Crippen molar-refractivity contribution in [3.63, 3.8) is 0 Å². The Morgan fingerprint density at radius 1 is 1.00 bits per heavy atom. The Balaban J connectivity index is 1.73. The van der Waals surface area contributed by atoms with Gasteiger partial charge in [-0.15, -0.1) is 0 Å². The molecule has 2 aromatic rings. The summed E-state index contributed by atoms with van der Waals surface area (Å²) >= 11 is 5.91. The fraction of sp³-hybridized carbons (Fsp3) is 0.263. The highest BCUT2D eigenvalue weighted by Gasteiger charge is 2.26. The second kappa shape index (κ2) is 7.05. The lowest BCUT2D eigenvalue weighted by atomic mass is 9.89. The lowest BCUT2D eigenvalue weighted by Gasteiger charge is -2.32. The van der Waals surface area contributed by atoms with E-state index < -0.39 is 5.91 Å². The summed E-state index contributed by atoms with van der Waals surface area (Å²) in [5, 5.41) is 0.392. The van der Waals surface area contributed by atoms with Crippen LogP contribution in [0.2, 0.25) is 5.02 Å². The van der Waals surface area contributed by atoms with Crippen molar-refractivity contribution in [3.05, 3.63) is 70.2 Å². The molecule has 1 aliphatic rings. The van der Waals surface area contributed by atoms with Crippen molar-refractivity contribution >= 4 is 23.4 Å². The average molecular weight is 343 g/mol. The number of carbonyl (C=O) groups excluding carboxylic acids is 2. The van der Waals surface area contributed by atoms with E-state index in [4.69, 9.17) is 17.3 Å². The molecule has 0 radical (unpaired) electrons. The zero-order chi connectivity index (χ0) is 17.1. The molecule has 1 saturated heterocycles. The van der Waals surface area contributed by atoms with Gasteiger partial charge in [0.25, 0.3) is 5.91 Å². The molecule has 4 nitrogen and oxygen atoms in total. The van der Waals surface area contributed by atoms with Gasteiger partial charge < -0.3 is 10.6 Å². The maximum atomic E-state index is 12.8. The highest BCUT2D eigenvalue weighted by Crippen LogP contribution is 2.29. The third-order valence-electron chi connectivity index (χ3n) is 4.53. The molecular weight excluding hydrogens is 324 g/mol. The topological polar surface area (TPSA) is 63.4 Å². The van der Waals surface area contributed by atoms with Gasteiger partial charge >= 0.3 is 0 Å². The highest BCUT2D eigenvalue weighted by atomic mass is 35.5. The van der Waals surface area contributed by atoms with Crippen LogP contribution < -0.4 is 5.73 Å². The number of nitrogens with two attached hydrogens (primary N) is 1. The summed E-state index contributed by atoms with van der Waals surface area (Å²) in [6, 6.07) is 15.0. The van der Waals surface area contributed by atoms with Crippen molar-refractivity contribution in [1.29, 1.82) is 0 Å². The lowest BCUT2D eigenvalue weighted by molar-refractivity contribution is 0.0708. The number of piperidine rings is 1. The molecule has 0 aliphatic carbocycles. The van der Waals surface area contributed by atoms with Crippen molar-refractivity contribution in [2.75, 3.05) is 13.1 Å². The summed E-state index contributed by atoms with van der Waals surface area (Å²) < 4.78 is 0. The zero-order valence-electron chi connectivity index (χ0n) is 13.2. The summed E-state index contributed by atoms with van der Waals surface area (Å²) in [6.07, 6.45) is 1.82. The Hall–Kier alpha value is -2.33. The van der Waals surface area contributed by atoms with Gasteiger partial charge in [0.2, 0.25) is 5.91 Å². The van der Waals surface area contributed by atoms with Crippen LogP contribution in [0.15, 0.2) is 48.5 Å². The molecule has 0 atom stereocenters. The molecule has 2 amide bonds. The number of hydrogen-bond acceptors (Lipinski definition) is 2. The molecule has 0 aromatic heterocycles. The minimum Gasteiger partial charge on any atom is -0.366 e. The van der Waals surface area contributed by atoms with E-state index >= 15 is 0 Å². The van der Waals surface area contributed by atoms with Gasteiger partial charge in [-0.25, -0.2) is 0 Å². The Kier molecular flexibility index (Phi) is 4.86. The maximum absolute atomic E-state index is 12.8. The van der Waals surface area contributed by atoms with E-state index in [9.17, 15) is 9.59 Å². The number of rotatable bonds is 3. The number of halogens is 1. The first-order chi connectivity index (χ1) is 11.6. The zero-order valence-corrected chi connectivity index (χ0v) is 14.0. The molecule has 124 valence electrons. The predicted octanol–water partition coefficient (Wildman–Crippen LogP) is 3.46. The first-order valence-electron chi connectivity index (χ1n) is 8.00. The van der Waals surface area contributed by atoms with Crippen molar-refractivity contribution in [2.45, 2.75) is 18.8 Å². The number of benzene rings is 2. The summed E-state index contributed by atoms with van der Waals surface area (Å²) in [5.41, 5.74) is 7.20. The fourth-order valence-electron chi connectivity index (χ4n) is 3.22. The van der Waals surface area contributed by atoms with Gasteiger partial charge in [-0.3, -0.25) is 9.59 Å². The third-order valence-corrected chi connectivity index (χ3v) is 4.77. The Morgan fingerprint density at radius 3 is 2.29 bits per heavy atom. The van der Waals surface area contributed by atoms with Crippen LogP contribution in [-0.4, -0.2) is 29.8 Å². The van der Waals surface area contributed by atoms with Crippen LogP contribution in [0.5, 0.6) is 0 Å². The number of nitrogens with zero attached hydrogens (tertiary/aromatic N) is 1. The van der Waals surface area contributed by atoms with Crippen LogP contribution in [0.1, 0.15) is 45.0 Å². The summed E-state index contributed by atoms with van der Waals surface area (Å²) in [5.74, 6) is -0.330. The molecule has 0 spiro atoms. The molecule has 2 N–H and O–H groups in total. The van der Waals surface area contributed by atoms with Crippen LogP contribution in [0.25, 0.3) is 0 Å². The van der Waals surface area contributed by atoms with Crippen molar-refractivity contribution in [1.82, 2.24) is 4.90 Å². The number of hydrogen-bond donors (Lipinski definition) is 1. The molecule has 0 bridgehead atoms. The number of amides is 2. The number of primary amides is 1. The van der Waals surface area contributed by atoms with E-state index in [2.05, 4.69) is 12.1 Å². The van der Waals surface area contributed by atoms with E-state index in [0.717, 1.165) is 12.8 Å². The molecule has 0 unspecified atom stereocenters. The Morgan fingerprint density at radius 2 is 1.67 bits per heavy atom. The molecule has 24 heavy (non-hydrogen) atoms. The largest absolute Gasteiger partial charge is 0.366 e. The van der Waals surface area contributed by atoms with Gasteiger partial charge in [0.15, 0.2) is 0 Å². The van der Waals surface area contributed by atoms with E-state index in [1.165, 1.54) is 11.6 Å². The van der Waals surface area contributed by atoms with Crippen LogP contribution in [0, 0.1) is 0 Å². The van der Waals surface area contributed by atoms with Gasteiger partial charge in [-0.05, 0) is 42.5 Å². The first kappa shape index (κ1) is 16.5. The molecule has 1 heterocycles. The standard InChI is InChI=1S/C19H19ClN2O2/c20-15-6-7-16(17(12-15)18(21)23)19(24)22-10-8-14(9-11-22)13-4-2-1-3-5-13/h1-7,12,14H,8-11H2,(H2,21,23). The SMILES string of the molecule is NC(=O)c1cc(Cl)ccc1C(=O)N1CCC(c2ccccc2)CC1. The molecule has 2 aromatic carbocycles. The van der Waals surface area contributed by atoms with Gasteiger partial charge in [-0.2, -0.15) is 0 Å². The Bertz CT molecular complexity index is 753. The van der Waals surface area contributed by atoms with E-state index in [-0.39, 0.29) is 11.5 Å². The average Bonchev–Trinajstić information content (AvgIpc) is 2.62. The minimum atomic E-state index is -0.639. The lowest BCUT2D eigenvalue weighted by Crippen LogP contribution is -2.38. The molecular formula is C19H19ClN2O2.